The van der Waals surface area contributed by atoms with E-state index in [9.17, 15) is 9.59 Å². The maximum absolute atomic E-state index is 12.0. The Kier molecular flexibility index (Phi) is 5.19. The monoisotopic (exact) mass is 402 g/mol. The highest BCUT2D eigenvalue weighted by Crippen LogP contribution is 2.31. The molecule has 6 heteroatoms. The lowest BCUT2D eigenvalue weighted by molar-refractivity contribution is 0.0522. The van der Waals surface area contributed by atoms with E-state index in [0.717, 1.165) is 5.56 Å². The molecule has 0 atom stereocenters. The number of esters is 1. The van der Waals surface area contributed by atoms with Gasteiger partial charge >= 0.3 is 11.6 Å². The fourth-order valence-electron chi connectivity index (χ4n) is 2.32. The van der Waals surface area contributed by atoms with Crippen molar-refractivity contribution in [1.82, 2.24) is 0 Å². The summed E-state index contributed by atoms with van der Waals surface area (Å²) in [6, 6.07) is 14.5. The number of carbonyl (C=O) groups excluding carboxylic acids is 1. The van der Waals surface area contributed by atoms with E-state index in [1.54, 1.807) is 19.1 Å². The van der Waals surface area contributed by atoms with Crippen LogP contribution in [-0.4, -0.2) is 12.6 Å². The van der Waals surface area contributed by atoms with Crippen LogP contribution in [0.15, 0.2) is 62.2 Å². The van der Waals surface area contributed by atoms with Gasteiger partial charge in [0.05, 0.1) is 11.1 Å². The summed E-state index contributed by atoms with van der Waals surface area (Å²) in [4.78, 5) is 23.8. The second kappa shape index (κ2) is 7.53. The number of benzene rings is 2. The predicted molar refractivity (Wildman–Crippen MR) is 96.9 cm³/mol. The molecule has 0 saturated carbocycles. The van der Waals surface area contributed by atoms with E-state index in [1.165, 1.54) is 6.07 Å². The van der Waals surface area contributed by atoms with Gasteiger partial charge in [-0.2, -0.15) is 0 Å². The van der Waals surface area contributed by atoms with Gasteiger partial charge in [0.2, 0.25) is 0 Å². The molecule has 0 saturated heterocycles. The molecule has 1 heterocycles. The number of hydrogen-bond acceptors (Lipinski definition) is 5. The van der Waals surface area contributed by atoms with Crippen LogP contribution in [0.5, 0.6) is 5.75 Å². The Balaban J connectivity index is 1.92. The molecule has 0 bridgehead atoms. The van der Waals surface area contributed by atoms with Crippen LogP contribution in [0.25, 0.3) is 11.0 Å². The van der Waals surface area contributed by atoms with Crippen LogP contribution in [0.4, 0.5) is 0 Å². The zero-order valence-electron chi connectivity index (χ0n) is 13.5. The number of hydrogen-bond donors (Lipinski definition) is 0. The number of halogens is 1. The molecule has 0 spiro atoms. The molecule has 0 aliphatic heterocycles. The lowest BCUT2D eigenvalue weighted by Crippen LogP contribution is -2.16. The van der Waals surface area contributed by atoms with Gasteiger partial charge in [0.1, 0.15) is 23.5 Å². The van der Waals surface area contributed by atoms with E-state index >= 15 is 0 Å². The van der Waals surface area contributed by atoms with Crippen LogP contribution in [0.3, 0.4) is 0 Å². The first-order valence-electron chi connectivity index (χ1n) is 7.69. The molecule has 0 radical (unpaired) electrons. The highest BCUT2D eigenvalue weighted by molar-refractivity contribution is 9.10. The minimum Gasteiger partial charge on any atom is -0.488 e. The first-order valence-corrected chi connectivity index (χ1v) is 8.49. The minimum absolute atomic E-state index is 0.126. The summed E-state index contributed by atoms with van der Waals surface area (Å²) >= 11 is 3.44. The normalized spacial score (nSPS) is 10.6. The van der Waals surface area contributed by atoms with Gasteiger partial charge in [0.15, 0.2) is 0 Å². The predicted octanol–water partition coefficient (Wildman–Crippen LogP) is 4.31. The van der Waals surface area contributed by atoms with E-state index in [0.29, 0.717) is 27.8 Å². The Morgan fingerprint density at radius 3 is 2.64 bits per heavy atom. The third-order valence-electron chi connectivity index (χ3n) is 3.52. The van der Waals surface area contributed by atoms with E-state index in [2.05, 4.69) is 15.9 Å². The highest BCUT2D eigenvalue weighted by atomic mass is 79.9. The molecule has 0 unspecified atom stereocenters. The fraction of sp³-hybridized carbons (Fsp3) is 0.158. The van der Waals surface area contributed by atoms with Gasteiger partial charge in [-0.3, -0.25) is 0 Å². The summed E-state index contributed by atoms with van der Waals surface area (Å²) in [5, 5.41) is 0.599. The van der Waals surface area contributed by atoms with E-state index < -0.39 is 11.6 Å². The first-order chi connectivity index (χ1) is 12.1. The summed E-state index contributed by atoms with van der Waals surface area (Å²) in [6.45, 7) is 2.25. The smallest absolute Gasteiger partial charge is 0.351 e. The van der Waals surface area contributed by atoms with E-state index in [4.69, 9.17) is 13.9 Å². The lowest BCUT2D eigenvalue weighted by atomic mass is 10.2. The maximum atomic E-state index is 12.0. The first kappa shape index (κ1) is 17.2. The summed E-state index contributed by atoms with van der Waals surface area (Å²) in [7, 11) is 0. The van der Waals surface area contributed by atoms with Gasteiger partial charge in [-0.15, -0.1) is 0 Å². The Morgan fingerprint density at radius 2 is 1.92 bits per heavy atom. The Hall–Kier alpha value is -2.60. The molecule has 3 rings (SSSR count). The third-order valence-corrected chi connectivity index (χ3v) is 4.14. The molecule has 2 aromatic carbocycles. The van der Waals surface area contributed by atoms with Crippen molar-refractivity contribution in [2.24, 2.45) is 0 Å². The molecule has 0 aliphatic carbocycles. The number of rotatable bonds is 5. The average Bonchev–Trinajstić information content (AvgIpc) is 2.61. The minimum atomic E-state index is -0.734. The zero-order valence-corrected chi connectivity index (χ0v) is 15.0. The summed E-state index contributed by atoms with van der Waals surface area (Å²) in [5.74, 6) is -0.151. The lowest BCUT2D eigenvalue weighted by Gasteiger charge is -2.10. The van der Waals surface area contributed by atoms with Crippen LogP contribution in [0.2, 0.25) is 0 Å². The second-order valence-corrected chi connectivity index (χ2v) is 6.12. The van der Waals surface area contributed by atoms with Gasteiger partial charge in [0, 0.05) is 11.5 Å². The van der Waals surface area contributed by atoms with Crippen LogP contribution in [0, 0.1) is 0 Å². The Labute approximate surface area is 152 Å². The Morgan fingerprint density at radius 1 is 1.16 bits per heavy atom. The fourth-order valence-corrected chi connectivity index (χ4v) is 2.79. The van der Waals surface area contributed by atoms with Crippen LogP contribution < -0.4 is 10.4 Å². The molecule has 0 N–H and O–H groups in total. The zero-order chi connectivity index (χ0) is 17.8. The van der Waals surface area contributed by atoms with Crippen molar-refractivity contribution in [3.8, 4) is 5.75 Å². The van der Waals surface area contributed by atoms with Crippen LogP contribution in [-0.2, 0) is 11.3 Å². The molecular formula is C19H15BrO5. The number of ether oxygens (including phenoxy) is 2. The van der Waals surface area contributed by atoms with Gasteiger partial charge in [-0.05, 0) is 40.5 Å². The van der Waals surface area contributed by atoms with Gasteiger partial charge < -0.3 is 13.9 Å². The van der Waals surface area contributed by atoms with Crippen LogP contribution >= 0.6 is 15.9 Å². The average molecular weight is 403 g/mol. The summed E-state index contributed by atoms with van der Waals surface area (Å²) < 4.78 is 16.6. The van der Waals surface area contributed by atoms with Crippen molar-refractivity contribution in [2.45, 2.75) is 13.5 Å². The quantitative estimate of drug-likeness (QED) is 0.469. The third kappa shape index (κ3) is 3.91. The number of fused-ring (bicyclic) bond motifs is 1. The summed E-state index contributed by atoms with van der Waals surface area (Å²) in [6.07, 6.45) is 0. The summed E-state index contributed by atoms with van der Waals surface area (Å²) in [5.41, 5.74) is 0.499. The maximum Gasteiger partial charge on any atom is 0.351 e. The van der Waals surface area contributed by atoms with E-state index in [1.807, 2.05) is 30.3 Å². The van der Waals surface area contributed by atoms with Gasteiger partial charge in [0.25, 0.3) is 0 Å². The van der Waals surface area contributed by atoms with Crippen molar-refractivity contribution in [3.63, 3.8) is 0 Å². The van der Waals surface area contributed by atoms with Crippen LogP contribution in [0.1, 0.15) is 22.8 Å². The molecule has 5 nitrogen and oxygen atoms in total. The molecule has 0 aliphatic rings. The van der Waals surface area contributed by atoms with Crippen molar-refractivity contribution >= 4 is 32.9 Å². The van der Waals surface area contributed by atoms with Crippen molar-refractivity contribution in [1.29, 1.82) is 0 Å². The standard InChI is InChI=1S/C19H15BrO5/c1-2-23-18(21)14-8-13-9-15(20)17(10-16(13)25-19(14)22)24-11-12-6-4-3-5-7-12/h3-10H,2,11H2,1H3. The molecular weight excluding hydrogens is 388 g/mol. The second-order valence-electron chi connectivity index (χ2n) is 5.26. The molecule has 128 valence electrons. The van der Waals surface area contributed by atoms with Crippen molar-refractivity contribution < 1.29 is 18.7 Å². The van der Waals surface area contributed by atoms with Gasteiger partial charge in [-0.1, -0.05) is 30.3 Å². The van der Waals surface area contributed by atoms with Gasteiger partial charge in [-0.25, -0.2) is 9.59 Å². The topological polar surface area (TPSA) is 65.7 Å². The molecule has 25 heavy (non-hydrogen) atoms. The largest absolute Gasteiger partial charge is 0.488 e. The van der Waals surface area contributed by atoms with E-state index in [-0.39, 0.29) is 12.2 Å². The molecule has 0 amide bonds. The molecule has 0 fully saturated rings. The Bertz CT molecular complexity index is 963. The highest BCUT2D eigenvalue weighted by Gasteiger charge is 2.16. The van der Waals surface area contributed by atoms with Crippen molar-refractivity contribution in [2.75, 3.05) is 6.61 Å². The number of carbonyl (C=O) groups is 1. The molecule has 1 aromatic heterocycles. The molecule has 3 aromatic rings. The van der Waals surface area contributed by atoms with Crippen molar-refractivity contribution in [3.05, 3.63) is 74.6 Å². The SMILES string of the molecule is CCOC(=O)c1cc2cc(Br)c(OCc3ccccc3)cc2oc1=O.